The molecule has 4 heteroatoms. The molecule has 2 aromatic rings. The van der Waals surface area contributed by atoms with Crippen molar-refractivity contribution in [1.29, 1.82) is 0 Å². The molecule has 1 aromatic heterocycles. The fourth-order valence-electron chi connectivity index (χ4n) is 2.78. The average molecular weight is 268 g/mol. The molecule has 1 aliphatic rings. The molecule has 20 heavy (non-hydrogen) atoms. The predicted molar refractivity (Wildman–Crippen MR) is 82.6 cm³/mol. The second-order valence-electron chi connectivity index (χ2n) is 5.18. The average Bonchev–Trinajstić information content (AvgIpc) is 2.48. The first-order chi connectivity index (χ1) is 9.79. The molecule has 0 spiro atoms. The SMILES string of the molecule is CCNc1cncc(N2c3ccccc3CCC2C)n1. The van der Waals surface area contributed by atoms with Gasteiger partial charge in [0.1, 0.15) is 5.82 Å². The van der Waals surface area contributed by atoms with E-state index in [1.807, 2.05) is 6.20 Å². The van der Waals surface area contributed by atoms with Crippen LogP contribution in [-0.2, 0) is 6.42 Å². The Morgan fingerprint density at radius 3 is 3.00 bits per heavy atom. The summed E-state index contributed by atoms with van der Waals surface area (Å²) in [5.41, 5.74) is 2.65. The standard InChI is InChI=1S/C16H20N4/c1-3-18-15-10-17-11-16(19-15)20-12(2)8-9-13-6-4-5-7-14(13)20/h4-7,10-12H,3,8-9H2,1-2H3,(H,18,19). The molecule has 1 N–H and O–H groups in total. The molecule has 1 unspecified atom stereocenters. The second-order valence-corrected chi connectivity index (χ2v) is 5.18. The van der Waals surface area contributed by atoms with Gasteiger partial charge in [-0.15, -0.1) is 0 Å². The number of para-hydroxylation sites is 1. The third kappa shape index (κ3) is 2.33. The Balaban J connectivity index is 2.02. The molecule has 0 saturated carbocycles. The van der Waals surface area contributed by atoms with Gasteiger partial charge in [0.25, 0.3) is 0 Å². The highest BCUT2D eigenvalue weighted by Crippen LogP contribution is 2.35. The summed E-state index contributed by atoms with van der Waals surface area (Å²) in [6, 6.07) is 9.01. The number of fused-ring (bicyclic) bond motifs is 1. The molecule has 0 radical (unpaired) electrons. The first-order valence-electron chi connectivity index (χ1n) is 7.22. The van der Waals surface area contributed by atoms with Crippen LogP contribution >= 0.6 is 0 Å². The number of nitrogens with zero attached hydrogens (tertiary/aromatic N) is 3. The van der Waals surface area contributed by atoms with Gasteiger partial charge in [0, 0.05) is 18.3 Å². The molecule has 0 fully saturated rings. The molecule has 1 atom stereocenters. The molecule has 1 aromatic carbocycles. The Bertz CT molecular complexity index is 597. The molecule has 0 saturated heterocycles. The number of aromatic nitrogens is 2. The van der Waals surface area contributed by atoms with Crippen LogP contribution in [0.25, 0.3) is 0 Å². The van der Waals surface area contributed by atoms with Crippen LogP contribution in [0.15, 0.2) is 36.7 Å². The minimum absolute atomic E-state index is 0.441. The zero-order valence-corrected chi connectivity index (χ0v) is 12.0. The Kier molecular flexibility index (Phi) is 3.54. The van der Waals surface area contributed by atoms with Gasteiger partial charge in [0.05, 0.1) is 12.4 Å². The lowest BCUT2D eigenvalue weighted by molar-refractivity contribution is 0.613. The number of anilines is 3. The minimum Gasteiger partial charge on any atom is -0.369 e. The Labute approximate surface area is 119 Å². The first kappa shape index (κ1) is 12.9. The smallest absolute Gasteiger partial charge is 0.154 e. The molecule has 0 amide bonds. The largest absolute Gasteiger partial charge is 0.369 e. The van der Waals surface area contributed by atoms with Crippen molar-refractivity contribution in [2.45, 2.75) is 32.7 Å². The third-order valence-corrected chi connectivity index (χ3v) is 3.75. The number of rotatable bonds is 3. The van der Waals surface area contributed by atoms with E-state index in [0.29, 0.717) is 6.04 Å². The van der Waals surface area contributed by atoms with Gasteiger partial charge in [-0.3, -0.25) is 4.98 Å². The van der Waals surface area contributed by atoms with Gasteiger partial charge >= 0.3 is 0 Å². The minimum atomic E-state index is 0.441. The van der Waals surface area contributed by atoms with Crippen LogP contribution in [0.5, 0.6) is 0 Å². The first-order valence-corrected chi connectivity index (χ1v) is 7.22. The van der Waals surface area contributed by atoms with E-state index in [0.717, 1.165) is 31.0 Å². The highest BCUT2D eigenvalue weighted by molar-refractivity contribution is 5.66. The Hall–Kier alpha value is -2.10. The van der Waals surface area contributed by atoms with Crippen molar-refractivity contribution in [3.8, 4) is 0 Å². The van der Waals surface area contributed by atoms with Crippen LogP contribution in [0.1, 0.15) is 25.8 Å². The molecule has 0 aliphatic carbocycles. The molecular weight excluding hydrogens is 248 g/mol. The lowest BCUT2D eigenvalue weighted by Crippen LogP contribution is -2.34. The summed E-state index contributed by atoms with van der Waals surface area (Å²) in [6.07, 6.45) is 5.89. The maximum atomic E-state index is 4.69. The summed E-state index contributed by atoms with van der Waals surface area (Å²) in [7, 11) is 0. The Morgan fingerprint density at radius 2 is 2.15 bits per heavy atom. The normalized spacial score (nSPS) is 17.7. The van der Waals surface area contributed by atoms with Gasteiger partial charge in [-0.2, -0.15) is 0 Å². The molecule has 0 bridgehead atoms. The maximum Gasteiger partial charge on any atom is 0.154 e. The molecular formula is C16H20N4. The summed E-state index contributed by atoms with van der Waals surface area (Å²) in [4.78, 5) is 11.3. The van der Waals surface area contributed by atoms with E-state index in [1.54, 1.807) is 6.20 Å². The molecule has 4 nitrogen and oxygen atoms in total. The topological polar surface area (TPSA) is 41.1 Å². The highest BCUT2D eigenvalue weighted by atomic mass is 15.2. The molecule has 2 heterocycles. The van der Waals surface area contributed by atoms with Crippen LogP contribution in [0.3, 0.4) is 0 Å². The van der Waals surface area contributed by atoms with Crippen LogP contribution in [0, 0.1) is 0 Å². The highest BCUT2D eigenvalue weighted by Gasteiger charge is 2.25. The Morgan fingerprint density at radius 1 is 1.30 bits per heavy atom. The van der Waals surface area contributed by atoms with Crippen LogP contribution in [0.4, 0.5) is 17.3 Å². The van der Waals surface area contributed by atoms with Crippen molar-refractivity contribution < 1.29 is 0 Å². The van der Waals surface area contributed by atoms with E-state index in [2.05, 4.69) is 58.3 Å². The summed E-state index contributed by atoms with van der Waals surface area (Å²) in [5.74, 6) is 1.75. The number of hydrogen-bond acceptors (Lipinski definition) is 4. The van der Waals surface area contributed by atoms with Gasteiger partial charge in [-0.1, -0.05) is 18.2 Å². The van der Waals surface area contributed by atoms with Gasteiger partial charge < -0.3 is 10.2 Å². The zero-order valence-electron chi connectivity index (χ0n) is 12.0. The van der Waals surface area contributed by atoms with Crippen LogP contribution < -0.4 is 10.2 Å². The summed E-state index contributed by atoms with van der Waals surface area (Å²) in [6.45, 7) is 5.16. The summed E-state index contributed by atoms with van der Waals surface area (Å²) < 4.78 is 0. The van der Waals surface area contributed by atoms with Gasteiger partial charge in [-0.05, 0) is 38.3 Å². The van der Waals surface area contributed by atoms with E-state index in [-0.39, 0.29) is 0 Å². The fourth-order valence-corrected chi connectivity index (χ4v) is 2.78. The van der Waals surface area contributed by atoms with Crippen molar-refractivity contribution >= 4 is 17.3 Å². The van der Waals surface area contributed by atoms with Crippen LogP contribution in [-0.4, -0.2) is 22.6 Å². The quantitative estimate of drug-likeness (QED) is 0.926. The number of nitrogens with one attached hydrogen (secondary N) is 1. The second kappa shape index (κ2) is 5.49. The van der Waals surface area contributed by atoms with Crippen molar-refractivity contribution in [3.63, 3.8) is 0 Å². The monoisotopic (exact) mass is 268 g/mol. The van der Waals surface area contributed by atoms with Gasteiger partial charge in [0.2, 0.25) is 0 Å². The summed E-state index contributed by atoms with van der Waals surface area (Å²) in [5, 5.41) is 3.23. The van der Waals surface area contributed by atoms with E-state index in [1.165, 1.54) is 11.3 Å². The van der Waals surface area contributed by atoms with E-state index < -0.39 is 0 Å². The predicted octanol–water partition coefficient (Wildman–Crippen LogP) is 3.38. The molecule has 1 aliphatic heterocycles. The van der Waals surface area contributed by atoms with Gasteiger partial charge in [0.15, 0.2) is 5.82 Å². The van der Waals surface area contributed by atoms with Gasteiger partial charge in [-0.25, -0.2) is 4.98 Å². The fraction of sp³-hybridized carbons (Fsp3) is 0.375. The number of hydrogen-bond donors (Lipinski definition) is 1. The number of benzene rings is 1. The third-order valence-electron chi connectivity index (χ3n) is 3.75. The van der Waals surface area contributed by atoms with Crippen LogP contribution in [0.2, 0.25) is 0 Å². The maximum absolute atomic E-state index is 4.69. The van der Waals surface area contributed by atoms with Crippen molar-refractivity contribution in [1.82, 2.24) is 9.97 Å². The molecule has 3 rings (SSSR count). The lowest BCUT2D eigenvalue weighted by Gasteiger charge is -2.36. The molecule has 104 valence electrons. The van der Waals surface area contributed by atoms with E-state index in [4.69, 9.17) is 0 Å². The summed E-state index contributed by atoms with van der Waals surface area (Å²) >= 11 is 0. The van der Waals surface area contributed by atoms with Crippen molar-refractivity contribution in [3.05, 3.63) is 42.2 Å². The van der Waals surface area contributed by atoms with Crippen molar-refractivity contribution in [2.75, 3.05) is 16.8 Å². The lowest BCUT2D eigenvalue weighted by atomic mass is 9.97. The van der Waals surface area contributed by atoms with E-state index in [9.17, 15) is 0 Å². The van der Waals surface area contributed by atoms with Crippen molar-refractivity contribution in [2.24, 2.45) is 0 Å². The zero-order chi connectivity index (χ0) is 13.9. The number of aryl methyl sites for hydroxylation is 1. The van der Waals surface area contributed by atoms with E-state index >= 15 is 0 Å².